The van der Waals surface area contributed by atoms with Gasteiger partial charge in [-0.2, -0.15) is 0 Å². The summed E-state index contributed by atoms with van der Waals surface area (Å²) >= 11 is 0. The summed E-state index contributed by atoms with van der Waals surface area (Å²) in [5.41, 5.74) is 4.33. The van der Waals surface area contributed by atoms with Crippen LogP contribution in [0, 0.1) is 0 Å². The summed E-state index contributed by atoms with van der Waals surface area (Å²) in [6, 6.07) is 6.24. The monoisotopic (exact) mass is 204 g/mol. The quantitative estimate of drug-likeness (QED) is 0.433. The molecule has 2 rings (SSSR count). The molecule has 1 N–H and O–H groups in total. The molecule has 0 bridgehead atoms. The second-order valence-corrected chi connectivity index (χ2v) is 4.05. The van der Waals surface area contributed by atoms with Crippen molar-refractivity contribution in [2.24, 2.45) is 5.16 Å². The number of nitrogens with zero attached hydrogens (tertiary/aromatic N) is 2. The van der Waals surface area contributed by atoms with Crippen molar-refractivity contribution >= 4 is 11.4 Å². The Bertz CT molecular complexity index is 399. The maximum atomic E-state index is 8.72. The predicted octanol–water partition coefficient (Wildman–Crippen LogP) is 2.27. The van der Waals surface area contributed by atoms with Crippen LogP contribution < -0.4 is 4.90 Å². The topological polar surface area (TPSA) is 35.8 Å². The number of hydrogen-bond donors (Lipinski definition) is 1. The van der Waals surface area contributed by atoms with E-state index in [1.165, 1.54) is 17.7 Å². The summed E-state index contributed by atoms with van der Waals surface area (Å²) in [5.74, 6) is 0. The van der Waals surface area contributed by atoms with E-state index < -0.39 is 0 Å². The first-order valence-corrected chi connectivity index (χ1v) is 5.25. The predicted molar refractivity (Wildman–Crippen MR) is 62.0 cm³/mol. The van der Waals surface area contributed by atoms with Crippen molar-refractivity contribution in [2.75, 3.05) is 18.5 Å². The molecule has 1 aromatic carbocycles. The fourth-order valence-corrected chi connectivity index (χ4v) is 2.07. The third-order valence-electron chi connectivity index (χ3n) is 3.00. The van der Waals surface area contributed by atoms with Gasteiger partial charge in [0, 0.05) is 19.3 Å². The van der Waals surface area contributed by atoms with E-state index in [-0.39, 0.29) is 0 Å². The van der Waals surface area contributed by atoms with E-state index in [1.807, 2.05) is 13.0 Å². The highest BCUT2D eigenvalue weighted by atomic mass is 16.4. The number of fused-ring (bicyclic) bond motifs is 1. The van der Waals surface area contributed by atoms with Crippen molar-refractivity contribution in [2.45, 2.75) is 19.8 Å². The highest BCUT2D eigenvalue weighted by Crippen LogP contribution is 2.26. The second kappa shape index (κ2) is 3.93. The van der Waals surface area contributed by atoms with Crippen LogP contribution in [0.1, 0.15) is 24.5 Å². The van der Waals surface area contributed by atoms with Gasteiger partial charge in [0.25, 0.3) is 0 Å². The number of benzene rings is 1. The number of oxime groups is 1. The number of aryl methyl sites for hydroxylation is 1. The fraction of sp³-hybridized carbons (Fsp3) is 0.417. The maximum Gasteiger partial charge on any atom is 0.0837 e. The van der Waals surface area contributed by atoms with Crippen molar-refractivity contribution in [3.8, 4) is 0 Å². The number of rotatable bonds is 1. The summed E-state index contributed by atoms with van der Waals surface area (Å²) in [6.45, 7) is 2.94. The third kappa shape index (κ3) is 1.82. The van der Waals surface area contributed by atoms with Gasteiger partial charge in [0.15, 0.2) is 0 Å². The normalized spacial score (nSPS) is 16.4. The summed E-state index contributed by atoms with van der Waals surface area (Å²) < 4.78 is 0. The van der Waals surface area contributed by atoms with Gasteiger partial charge in [-0.05, 0) is 43.0 Å². The first-order chi connectivity index (χ1) is 7.22. The molecule has 1 aliphatic rings. The molecule has 1 aliphatic heterocycles. The lowest BCUT2D eigenvalue weighted by Crippen LogP contribution is -2.24. The lowest BCUT2D eigenvalue weighted by molar-refractivity contribution is 0.319. The minimum atomic E-state index is 0.672. The molecule has 0 aliphatic carbocycles. The van der Waals surface area contributed by atoms with Gasteiger partial charge in [0.1, 0.15) is 0 Å². The Labute approximate surface area is 90.0 Å². The Morgan fingerprint density at radius 1 is 1.47 bits per heavy atom. The van der Waals surface area contributed by atoms with Gasteiger partial charge in [-0.25, -0.2) is 0 Å². The third-order valence-corrected chi connectivity index (χ3v) is 3.00. The Balaban J connectivity index is 2.42. The molecule has 0 unspecified atom stereocenters. The molecule has 0 saturated heterocycles. The van der Waals surface area contributed by atoms with Gasteiger partial charge < -0.3 is 10.1 Å². The Morgan fingerprint density at radius 3 is 3.00 bits per heavy atom. The largest absolute Gasteiger partial charge is 0.411 e. The van der Waals surface area contributed by atoms with Crippen molar-refractivity contribution in [3.05, 3.63) is 29.3 Å². The summed E-state index contributed by atoms with van der Waals surface area (Å²) in [5, 5.41) is 12.0. The van der Waals surface area contributed by atoms with Gasteiger partial charge in [-0.15, -0.1) is 0 Å². The molecule has 1 heterocycles. The average Bonchev–Trinajstić information content (AvgIpc) is 2.28. The van der Waals surface area contributed by atoms with Crippen LogP contribution in [0.25, 0.3) is 0 Å². The molecule has 0 saturated carbocycles. The van der Waals surface area contributed by atoms with Crippen LogP contribution >= 0.6 is 0 Å². The summed E-state index contributed by atoms with van der Waals surface area (Å²) in [7, 11) is 2.12. The molecule has 3 heteroatoms. The van der Waals surface area contributed by atoms with Crippen LogP contribution in [-0.2, 0) is 6.42 Å². The van der Waals surface area contributed by atoms with Crippen LogP contribution in [0.4, 0.5) is 5.69 Å². The van der Waals surface area contributed by atoms with Crippen molar-refractivity contribution in [1.29, 1.82) is 0 Å². The van der Waals surface area contributed by atoms with Gasteiger partial charge in [-0.3, -0.25) is 0 Å². The van der Waals surface area contributed by atoms with E-state index >= 15 is 0 Å². The minimum absolute atomic E-state index is 0.672. The van der Waals surface area contributed by atoms with Gasteiger partial charge in [0.05, 0.1) is 5.71 Å². The highest BCUT2D eigenvalue weighted by Gasteiger charge is 2.14. The Morgan fingerprint density at radius 2 is 2.27 bits per heavy atom. The van der Waals surface area contributed by atoms with E-state index in [2.05, 4.69) is 29.2 Å². The van der Waals surface area contributed by atoms with Crippen LogP contribution in [0.15, 0.2) is 23.4 Å². The summed E-state index contributed by atoms with van der Waals surface area (Å²) in [6.07, 6.45) is 2.31. The number of hydrogen-bond acceptors (Lipinski definition) is 3. The van der Waals surface area contributed by atoms with E-state index in [0.717, 1.165) is 18.5 Å². The standard InChI is InChI=1S/C12H16N2O/c1-9(13-15)10-5-6-12-11(8-10)4-3-7-14(12)2/h5-6,8,15H,3-4,7H2,1-2H3. The average molecular weight is 204 g/mol. The molecule has 0 fully saturated rings. The van der Waals surface area contributed by atoms with Crippen molar-refractivity contribution < 1.29 is 5.21 Å². The van der Waals surface area contributed by atoms with Gasteiger partial charge in [-0.1, -0.05) is 11.2 Å². The molecule has 0 atom stereocenters. The Kier molecular flexibility index (Phi) is 2.62. The minimum Gasteiger partial charge on any atom is -0.411 e. The zero-order chi connectivity index (χ0) is 10.8. The van der Waals surface area contributed by atoms with E-state index in [9.17, 15) is 0 Å². The van der Waals surface area contributed by atoms with Crippen LogP contribution in [-0.4, -0.2) is 24.5 Å². The fourth-order valence-electron chi connectivity index (χ4n) is 2.07. The zero-order valence-electron chi connectivity index (χ0n) is 9.20. The van der Waals surface area contributed by atoms with Crippen molar-refractivity contribution in [1.82, 2.24) is 0 Å². The molecule has 0 amide bonds. The molecule has 0 radical (unpaired) electrons. The van der Waals surface area contributed by atoms with Crippen LogP contribution in [0.2, 0.25) is 0 Å². The lowest BCUT2D eigenvalue weighted by atomic mass is 9.98. The van der Waals surface area contributed by atoms with Crippen molar-refractivity contribution in [3.63, 3.8) is 0 Å². The molecule has 1 aromatic rings. The second-order valence-electron chi connectivity index (χ2n) is 4.05. The molecule has 0 aromatic heterocycles. The lowest BCUT2D eigenvalue weighted by Gasteiger charge is -2.27. The van der Waals surface area contributed by atoms with E-state index in [4.69, 9.17) is 5.21 Å². The zero-order valence-corrected chi connectivity index (χ0v) is 9.20. The highest BCUT2D eigenvalue weighted by molar-refractivity contribution is 5.98. The van der Waals surface area contributed by atoms with E-state index in [0.29, 0.717) is 5.71 Å². The summed E-state index contributed by atoms with van der Waals surface area (Å²) in [4.78, 5) is 2.27. The maximum absolute atomic E-state index is 8.72. The molecule has 3 nitrogen and oxygen atoms in total. The molecule has 80 valence electrons. The van der Waals surface area contributed by atoms with Gasteiger partial charge >= 0.3 is 0 Å². The van der Waals surface area contributed by atoms with E-state index in [1.54, 1.807) is 0 Å². The first-order valence-electron chi connectivity index (χ1n) is 5.25. The molecular weight excluding hydrogens is 188 g/mol. The smallest absolute Gasteiger partial charge is 0.0837 e. The number of anilines is 1. The molecular formula is C12H16N2O. The van der Waals surface area contributed by atoms with Crippen LogP contribution in [0.5, 0.6) is 0 Å². The molecule has 15 heavy (non-hydrogen) atoms. The Hall–Kier alpha value is -1.51. The van der Waals surface area contributed by atoms with Gasteiger partial charge in [0.2, 0.25) is 0 Å². The SMILES string of the molecule is CC(=NO)c1ccc2c(c1)CCCN2C. The van der Waals surface area contributed by atoms with Crippen LogP contribution in [0.3, 0.4) is 0 Å². The molecule has 0 spiro atoms. The first kappa shape index (κ1) is 10.0.